The van der Waals surface area contributed by atoms with Crippen LogP contribution in [0, 0.1) is 0 Å². The van der Waals surface area contributed by atoms with E-state index in [2.05, 4.69) is 15.9 Å². The third kappa shape index (κ3) is 3.98. The Kier molecular flexibility index (Phi) is 5.91. The highest BCUT2D eigenvalue weighted by Gasteiger charge is 2.40. The predicted molar refractivity (Wildman–Crippen MR) is 121 cm³/mol. The van der Waals surface area contributed by atoms with Crippen molar-refractivity contribution < 1.29 is 14.6 Å². The van der Waals surface area contributed by atoms with E-state index < -0.39 is 0 Å². The van der Waals surface area contributed by atoms with Crippen molar-refractivity contribution >= 4 is 27.4 Å². The highest BCUT2D eigenvalue weighted by molar-refractivity contribution is 9.10. The molecule has 0 saturated carbocycles. The van der Waals surface area contributed by atoms with Gasteiger partial charge in [0.2, 0.25) is 0 Å². The summed E-state index contributed by atoms with van der Waals surface area (Å²) in [6.45, 7) is 0.504. The molecule has 4 nitrogen and oxygen atoms in total. The Bertz CT molecular complexity index is 1080. The Morgan fingerprint density at radius 2 is 1.73 bits per heavy atom. The number of aliphatic hydroxyl groups excluding tert-OH is 1. The first-order valence-electron chi connectivity index (χ1n) is 9.76. The Labute approximate surface area is 184 Å². The first-order valence-corrected chi connectivity index (χ1v) is 10.6. The summed E-state index contributed by atoms with van der Waals surface area (Å²) in [4.78, 5) is 14.8. The van der Waals surface area contributed by atoms with Crippen molar-refractivity contribution in [1.29, 1.82) is 0 Å². The molecule has 1 N–H and O–H groups in total. The summed E-state index contributed by atoms with van der Waals surface area (Å²) < 4.78 is 6.18. The number of carbonyl (C=O) groups excluding carboxylic acids is 1. The van der Waals surface area contributed by atoms with Crippen molar-refractivity contribution in [3.05, 3.63) is 106 Å². The first-order chi connectivity index (χ1) is 14.6. The van der Waals surface area contributed by atoms with Gasteiger partial charge in [-0.15, -0.1) is 0 Å². The second-order valence-electron chi connectivity index (χ2n) is 7.18. The molecule has 0 bridgehead atoms. The van der Waals surface area contributed by atoms with Crippen LogP contribution in [-0.2, 0) is 11.2 Å². The number of rotatable bonds is 6. The number of aliphatic hydroxyl groups is 1. The van der Waals surface area contributed by atoms with Crippen molar-refractivity contribution in [3.63, 3.8) is 0 Å². The lowest BCUT2D eigenvalue weighted by Crippen LogP contribution is -2.32. The third-order valence-electron chi connectivity index (χ3n) is 5.35. The van der Waals surface area contributed by atoms with Crippen molar-refractivity contribution in [3.8, 4) is 5.75 Å². The van der Waals surface area contributed by atoms with Crippen LogP contribution in [0.4, 0.5) is 0 Å². The van der Waals surface area contributed by atoms with Gasteiger partial charge in [-0.25, -0.2) is 0 Å². The van der Waals surface area contributed by atoms with Crippen molar-refractivity contribution in [1.82, 2.24) is 4.90 Å². The Morgan fingerprint density at radius 1 is 1.00 bits per heavy atom. The van der Waals surface area contributed by atoms with Gasteiger partial charge in [0, 0.05) is 16.6 Å². The van der Waals surface area contributed by atoms with Crippen molar-refractivity contribution in [2.75, 3.05) is 13.7 Å². The number of hydrogen-bond acceptors (Lipinski definition) is 3. The third-order valence-corrected chi connectivity index (χ3v) is 5.85. The maximum absolute atomic E-state index is 13.1. The zero-order valence-electron chi connectivity index (χ0n) is 16.6. The minimum atomic E-state index is -0.368. The molecule has 1 heterocycles. The fourth-order valence-corrected chi connectivity index (χ4v) is 4.28. The molecule has 152 valence electrons. The summed E-state index contributed by atoms with van der Waals surface area (Å²) in [6.07, 6.45) is 0.709. The van der Waals surface area contributed by atoms with Gasteiger partial charge in [-0.2, -0.15) is 0 Å². The number of benzene rings is 3. The van der Waals surface area contributed by atoms with E-state index in [4.69, 9.17) is 4.74 Å². The molecule has 0 radical (unpaired) electrons. The summed E-state index contributed by atoms with van der Waals surface area (Å²) in [7, 11) is 1.61. The molecule has 0 aromatic heterocycles. The van der Waals surface area contributed by atoms with Crippen LogP contribution in [-0.4, -0.2) is 29.6 Å². The Balaban J connectivity index is 1.73. The molecule has 3 aromatic rings. The maximum Gasteiger partial charge on any atom is 0.289 e. The van der Waals surface area contributed by atoms with Crippen LogP contribution in [0.25, 0.3) is 5.57 Å². The van der Waals surface area contributed by atoms with Crippen LogP contribution in [0.1, 0.15) is 22.7 Å². The van der Waals surface area contributed by atoms with E-state index in [0.29, 0.717) is 18.5 Å². The van der Waals surface area contributed by atoms with E-state index in [1.807, 2.05) is 78.9 Å². The maximum atomic E-state index is 13.1. The van der Waals surface area contributed by atoms with Crippen LogP contribution in [0.5, 0.6) is 5.75 Å². The highest BCUT2D eigenvalue weighted by atomic mass is 79.9. The Morgan fingerprint density at radius 3 is 2.40 bits per heavy atom. The summed E-state index contributed by atoms with van der Waals surface area (Å²) in [6, 6.07) is 25.0. The van der Waals surface area contributed by atoms with Crippen LogP contribution in [0.3, 0.4) is 0 Å². The lowest BCUT2D eigenvalue weighted by atomic mass is 9.93. The molecule has 1 amide bonds. The zero-order valence-corrected chi connectivity index (χ0v) is 18.2. The van der Waals surface area contributed by atoms with E-state index in [-0.39, 0.29) is 17.7 Å². The average Bonchev–Trinajstić information content (AvgIpc) is 3.03. The second-order valence-corrected chi connectivity index (χ2v) is 8.10. The van der Waals surface area contributed by atoms with E-state index in [0.717, 1.165) is 26.9 Å². The molecule has 1 aliphatic rings. The molecule has 0 fully saturated rings. The SMILES string of the molecule is COc1ccc(C2=C(O)C(=O)N(CCc3ccccc3)C2c2cccc(Br)c2)cc1. The van der Waals surface area contributed by atoms with E-state index in [1.165, 1.54) is 0 Å². The minimum Gasteiger partial charge on any atom is -0.503 e. The van der Waals surface area contributed by atoms with Crippen LogP contribution in [0.15, 0.2) is 89.1 Å². The molecule has 0 spiro atoms. The van der Waals surface area contributed by atoms with E-state index in [9.17, 15) is 9.90 Å². The van der Waals surface area contributed by atoms with Gasteiger partial charge in [-0.1, -0.05) is 70.5 Å². The van der Waals surface area contributed by atoms with E-state index in [1.54, 1.807) is 12.0 Å². The normalized spacial score (nSPS) is 16.3. The fraction of sp³-hybridized carbons (Fsp3) is 0.160. The lowest BCUT2D eigenvalue weighted by Gasteiger charge is -2.27. The van der Waals surface area contributed by atoms with Gasteiger partial charge in [0.1, 0.15) is 5.75 Å². The van der Waals surface area contributed by atoms with Gasteiger partial charge in [-0.05, 0) is 47.4 Å². The summed E-state index contributed by atoms with van der Waals surface area (Å²) >= 11 is 3.53. The van der Waals surface area contributed by atoms with Gasteiger partial charge in [0.25, 0.3) is 5.91 Å². The molecule has 1 atom stereocenters. The molecular weight excluding hydrogens is 442 g/mol. The molecule has 0 aliphatic carbocycles. The molecule has 4 rings (SSSR count). The summed E-state index contributed by atoms with van der Waals surface area (Å²) in [5.74, 6) is 0.183. The summed E-state index contributed by atoms with van der Waals surface area (Å²) in [5.41, 5.74) is 3.51. The molecule has 0 saturated heterocycles. The van der Waals surface area contributed by atoms with E-state index >= 15 is 0 Å². The number of ether oxygens (including phenoxy) is 1. The molecule has 1 aliphatic heterocycles. The van der Waals surface area contributed by atoms with Gasteiger partial charge in [0.15, 0.2) is 5.76 Å². The van der Waals surface area contributed by atoms with Crippen LogP contribution >= 0.6 is 15.9 Å². The standard InChI is InChI=1S/C25H22BrNO3/c1-30-21-12-10-18(11-13-21)22-23(19-8-5-9-20(26)16-19)27(25(29)24(22)28)15-14-17-6-3-2-4-7-17/h2-13,16,23,28H,14-15H2,1H3. The molecule has 30 heavy (non-hydrogen) atoms. The number of amides is 1. The first kappa shape index (κ1) is 20.2. The van der Waals surface area contributed by atoms with Gasteiger partial charge in [0.05, 0.1) is 13.2 Å². The smallest absolute Gasteiger partial charge is 0.289 e. The molecule has 1 unspecified atom stereocenters. The molecular formula is C25H22BrNO3. The van der Waals surface area contributed by atoms with Crippen molar-refractivity contribution in [2.45, 2.75) is 12.5 Å². The average molecular weight is 464 g/mol. The van der Waals surface area contributed by atoms with Gasteiger partial charge < -0.3 is 14.7 Å². The number of hydrogen-bond donors (Lipinski definition) is 1. The largest absolute Gasteiger partial charge is 0.503 e. The monoisotopic (exact) mass is 463 g/mol. The highest BCUT2D eigenvalue weighted by Crippen LogP contribution is 2.43. The number of carbonyl (C=O) groups is 1. The number of methoxy groups -OCH3 is 1. The van der Waals surface area contributed by atoms with Crippen LogP contribution < -0.4 is 4.74 Å². The van der Waals surface area contributed by atoms with Gasteiger partial charge in [-0.3, -0.25) is 4.79 Å². The molecule has 3 aromatic carbocycles. The zero-order chi connectivity index (χ0) is 21.1. The minimum absolute atomic E-state index is 0.196. The van der Waals surface area contributed by atoms with Gasteiger partial charge >= 0.3 is 0 Å². The fourth-order valence-electron chi connectivity index (χ4n) is 3.87. The lowest BCUT2D eigenvalue weighted by molar-refractivity contribution is -0.129. The second kappa shape index (κ2) is 8.76. The quantitative estimate of drug-likeness (QED) is 0.520. The topological polar surface area (TPSA) is 49.8 Å². The van der Waals surface area contributed by atoms with Crippen LogP contribution in [0.2, 0.25) is 0 Å². The Hall–Kier alpha value is -3.05. The van der Waals surface area contributed by atoms with Crippen molar-refractivity contribution in [2.24, 2.45) is 0 Å². The predicted octanol–water partition coefficient (Wildman–Crippen LogP) is 5.55. The number of halogens is 1. The summed E-state index contributed by atoms with van der Waals surface area (Å²) in [5, 5.41) is 10.9. The number of nitrogens with zero attached hydrogens (tertiary/aromatic N) is 1. The molecule has 5 heteroatoms.